The van der Waals surface area contributed by atoms with E-state index in [4.69, 9.17) is 4.99 Å². The summed E-state index contributed by atoms with van der Waals surface area (Å²) in [6.45, 7) is 17.1. The first-order valence-electron chi connectivity index (χ1n) is 6.56. The van der Waals surface area contributed by atoms with E-state index in [1.165, 1.54) is 33.4 Å². The molecule has 98 valence electrons. The molecule has 1 heteroatoms. The number of rotatable bonds is 2. The molecule has 0 radical (unpaired) electrons. The summed E-state index contributed by atoms with van der Waals surface area (Å²) in [6.07, 6.45) is 2.17. The molecule has 0 saturated heterocycles. The molecule has 0 atom stereocenters. The van der Waals surface area contributed by atoms with E-state index in [2.05, 4.69) is 61.5 Å². The molecule has 0 aromatic heterocycles. The number of nitrogens with zero attached hydrogens (tertiary/aromatic N) is 1. The van der Waals surface area contributed by atoms with Gasteiger partial charge in [0.15, 0.2) is 0 Å². The van der Waals surface area contributed by atoms with Gasteiger partial charge in [0.05, 0.1) is 5.69 Å². The molecule has 0 fully saturated rings. The fraction of sp³-hybridized carbons (Fsp3) is 0.471. The van der Waals surface area contributed by atoms with Gasteiger partial charge in [-0.3, -0.25) is 4.99 Å². The van der Waals surface area contributed by atoms with Crippen molar-refractivity contribution >= 4 is 17.0 Å². The molecule has 1 aromatic rings. The Morgan fingerprint density at radius 2 is 1.33 bits per heavy atom. The summed E-state index contributed by atoms with van der Waals surface area (Å²) < 4.78 is 0. The van der Waals surface area contributed by atoms with Gasteiger partial charge in [0.1, 0.15) is 0 Å². The molecule has 0 heterocycles. The Bertz CT molecular complexity index is 527. The smallest absolute Gasteiger partial charge is 0.0738 e. The van der Waals surface area contributed by atoms with Crippen LogP contribution in [0.4, 0.5) is 5.69 Å². The summed E-state index contributed by atoms with van der Waals surface area (Å²) in [5.41, 5.74) is 10.3. The van der Waals surface area contributed by atoms with Gasteiger partial charge in [-0.15, -0.1) is 0 Å². The topological polar surface area (TPSA) is 12.4 Å². The second kappa shape index (κ2) is 5.51. The van der Waals surface area contributed by atoms with Gasteiger partial charge in [0.2, 0.25) is 0 Å². The molecule has 18 heavy (non-hydrogen) atoms. The Labute approximate surface area is 112 Å². The van der Waals surface area contributed by atoms with E-state index in [9.17, 15) is 0 Å². The average molecular weight is 243 g/mol. The molecular weight excluding hydrogens is 218 g/mol. The average Bonchev–Trinajstić information content (AvgIpc) is 2.32. The first kappa shape index (κ1) is 14.7. The Kier molecular flexibility index (Phi) is 4.50. The molecular formula is C17H25N. The molecule has 0 aliphatic heterocycles. The van der Waals surface area contributed by atoms with E-state index in [-0.39, 0.29) is 0 Å². The molecule has 0 bridgehead atoms. The lowest BCUT2D eigenvalue weighted by atomic mass is 9.89. The van der Waals surface area contributed by atoms with Crippen LogP contribution in [0.3, 0.4) is 0 Å². The first-order valence-corrected chi connectivity index (χ1v) is 6.56. The second-order valence-corrected chi connectivity index (χ2v) is 5.25. The van der Waals surface area contributed by atoms with Crippen molar-refractivity contribution in [3.05, 3.63) is 33.9 Å². The zero-order valence-corrected chi connectivity index (χ0v) is 13.0. The van der Waals surface area contributed by atoms with E-state index >= 15 is 0 Å². The Morgan fingerprint density at radius 3 is 1.78 bits per heavy atom. The second-order valence-electron chi connectivity index (χ2n) is 5.25. The third-order valence-electron chi connectivity index (χ3n) is 3.82. The van der Waals surface area contributed by atoms with E-state index in [0.717, 1.165) is 11.4 Å². The van der Waals surface area contributed by atoms with Crippen molar-refractivity contribution in [1.82, 2.24) is 0 Å². The highest BCUT2D eigenvalue weighted by Crippen LogP contribution is 2.37. The van der Waals surface area contributed by atoms with Crippen LogP contribution in [0.25, 0.3) is 5.57 Å². The molecule has 1 rings (SSSR count). The summed E-state index contributed by atoms with van der Waals surface area (Å²) in [6, 6.07) is 0. The largest absolute Gasteiger partial charge is 0.257 e. The van der Waals surface area contributed by atoms with Crippen LogP contribution in [0.2, 0.25) is 0 Å². The van der Waals surface area contributed by atoms with Crippen LogP contribution in [-0.4, -0.2) is 5.71 Å². The number of allylic oxidation sites excluding steroid dienone is 2. The van der Waals surface area contributed by atoms with Crippen LogP contribution in [-0.2, 0) is 0 Å². The van der Waals surface area contributed by atoms with Crippen LogP contribution >= 0.6 is 0 Å². The zero-order valence-electron chi connectivity index (χ0n) is 13.0. The summed E-state index contributed by atoms with van der Waals surface area (Å²) in [5.74, 6) is 0. The third-order valence-corrected chi connectivity index (χ3v) is 3.82. The highest BCUT2D eigenvalue weighted by atomic mass is 14.7. The van der Waals surface area contributed by atoms with E-state index in [1.807, 2.05) is 0 Å². The van der Waals surface area contributed by atoms with Crippen molar-refractivity contribution in [1.29, 1.82) is 0 Å². The number of hydrogen-bond acceptors (Lipinski definition) is 1. The molecule has 0 spiro atoms. The molecule has 0 N–H and O–H groups in total. The van der Waals surface area contributed by atoms with Crippen molar-refractivity contribution in [3.8, 4) is 0 Å². The highest BCUT2D eigenvalue weighted by molar-refractivity contribution is 5.87. The van der Waals surface area contributed by atoms with Gasteiger partial charge in [-0.05, 0) is 83.2 Å². The standard InChI is InChI=1S/C17H25N/c1-9-11(4)16-14(7)12(5)13(6)15(8)17(16)18-10(2)3/h9H,1-8H3/b11-9+. The number of hydrogen-bond donors (Lipinski definition) is 0. The maximum atomic E-state index is 4.77. The fourth-order valence-corrected chi connectivity index (χ4v) is 2.28. The quantitative estimate of drug-likeness (QED) is 0.612. The van der Waals surface area contributed by atoms with Gasteiger partial charge >= 0.3 is 0 Å². The normalized spacial score (nSPS) is 11.7. The van der Waals surface area contributed by atoms with Crippen molar-refractivity contribution in [2.75, 3.05) is 0 Å². The Morgan fingerprint density at radius 1 is 0.833 bits per heavy atom. The molecule has 1 nitrogen and oxygen atoms in total. The Balaban J connectivity index is 3.82. The monoisotopic (exact) mass is 243 g/mol. The van der Waals surface area contributed by atoms with Crippen molar-refractivity contribution in [2.24, 2.45) is 4.99 Å². The predicted octanol–water partition coefficient (Wildman–Crippen LogP) is 5.46. The summed E-state index contributed by atoms with van der Waals surface area (Å²) >= 11 is 0. The summed E-state index contributed by atoms with van der Waals surface area (Å²) in [4.78, 5) is 4.77. The SMILES string of the molecule is C/C=C(\C)c1c(C)c(C)c(C)c(C)c1N=C(C)C. The molecule has 0 saturated carbocycles. The maximum Gasteiger partial charge on any atom is 0.0738 e. The molecule has 1 aromatic carbocycles. The minimum Gasteiger partial charge on any atom is -0.257 e. The Hall–Kier alpha value is -1.37. The summed E-state index contributed by atoms with van der Waals surface area (Å²) in [5, 5.41) is 0. The van der Waals surface area contributed by atoms with Gasteiger partial charge in [0, 0.05) is 11.3 Å². The van der Waals surface area contributed by atoms with Gasteiger partial charge in [0.25, 0.3) is 0 Å². The van der Waals surface area contributed by atoms with E-state index in [1.54, 1.807) is 0 Å². The van der Waals surface area contributed by atoms with Crippen LogP contribution < -0.4 is 0 Å². The lowest BCUT2D eigenvalue weighted by molar-refractivity contribution is 1.18. The van der Waals surface area contributed by atoms with E-state index < -0.39 is 0 Å². The van der Waals surface area contributed by atoms with E-state index in [0.29, 0.717) is 0 Å². The van der Waals surface area contributed by atoms with Crippen LogP contribution in [0.15, 0.2) is 11.1 Å². The zero-order chi connectivity index (χ0) is 14.0. The van der Waals surface area contributed by atoms with Crippen LogP contribution in [0.1, 0.15) is 55.5 Å². The lowest BCUT2D eigenvalue weighted by Gasteiger charge is -2.19. The van der Waals surface area contributed by atoms with Crippen molar-refractivity contribution < 1.29 is 0 Å². The minimum absolute atomic E-state index is 1.10. The lowest BCUT2D eigenvalue weighted by Crippen LogP contribution is -1.99. The summed E-state index contributed by atoms with van der Waals surface area (Å²) in [7, 11) is 0. The van der Waals surface area contributed by atoms with Gasteiger partial charge < -0.3 is 0 Å². The van der Waals surface area contributed by atoms with Crippen molar-refractivity contribution in [3.63, 3.8) is 0 Å². The first-order chi connectivity index (χ1) is 8.31. The third kappa shape index (κ3) is 2.55. The molecule has 0 aliphatic carbocycles. The molecule has 0 amide bonds. The number of benzene rings is 1. The predicted molar refractivity (Wildman–Crippen MR) is 83.2 cm³/mol. The minimum atomic E-state index is 1.10. The van der Waals surface area contributed by atoms with Crippen LogP contribution in [0.5, 0.6) is 0 Å². The van der Waals surface area contributed by atoms with Gasteiger partial charge in [-0.2, -0.15) is 0 Å². The van der Waals surface area contributed by atoms with Crippen molar-refractivity contribution in [2.45, 2.75) is 55.4 Å². The van der Waals surface area contributed by atoms with Crippen LogP contribution in [0, 0.1) is 27.7 Å². The maximum absolute atomic E-state index is 4.77. The molecule has 0 unspecified atom stereocenters. The number of aliphatic imine (C=N–C) groups is 1. The van der Waals surface area contributed by atoms with Gasteiger partial charge in [-0.1, -0.05) is 6.08 Å². The van der Waals surface area contributed by atoms with Gasteiger partial charge in [-0.25, -0.2) is 0 Å². The fourth-order valence-electron chi connectivity index (χ4n) is 2.28. The molecule has 0 aliphatic rings. The highest BCUT2D eigenvalue weighted by Gasteiger charge is 2.15.